The largest absolute Gasteiger partial charge is 0.493 e. The predicted molar refractivity (Wildman–Crippen MR) is 144 cm³/mol. The highest BCUT2D eigenvalue weighted by Crippen LogP contribution is 2.31. The number of methoxy groups -OCH3 is 2. The average Bonchev–Trinajstić information content (AvgIpc) is 2.79. The van der Waals surface area contributed by atoms with Gasteiger partial charge in [0.05, 0.1) is 32.4 Å². The molecule has 1 aromatic rings. The monoisotopic (exact) mass is 524 g/mol. The Morgan fingerprint density at radius 1 is 1.08 bits per heavy atom. The highest BCUT2D eigenvalue weighted by molar-refractivity contribution is 5.77. The van der Waals surface area contributed by atoms with Gasteiger partial charge in [0, 0.05) is 26.7 Å². The molecule has 0 aromatic heterocycles. The van der Waals surface area contributed by atoms with Crippen LogP contribution in [0, 0.1) is 11.8 Å². The standard InChI is InChI=1S/C28H48N2O7/c1-19(2)22(14-21-10-11-25(35-8)26(15-21)36-13-9-12-34-7)16-23(24(32)18-29-17-20(3)31)30-27(33)37-28(4,5)6/h10-11,15,19,22-24,29,32H,9,12-14,16-18H2,1-8H3,(H,30,33)/t22-,23-,24-/m0/s1. The van der Waals surface area contributed by atoms with E-state index >= 15 is 0 Å². The Hall–Kier alpha value is -2.36. The highest BCUT2D eigenvalue weighted by atomic mass is 16.6. The SMILES string of the molecule is COCCCOc1cc(C[C@@H](C[C@H](NC(=O)OC(C)(C)C)[C@@H](O)CNCC(C)=O)C(C)C)ccc1OC. The second kappa shape index (κ2) is 16.5. The van der Waals surface area contributed by atoms with Gasteiger partial charge in [0.2, 0.25) is 0 Å². The number of nitrogens with one attached hydrogen (secondary N) is 2. The number of benzene rings is 1. The maximum absolute atomic E-state index is 12.6. The summed E-state index contributed by atoms with van der Waals surface area (Å²) in [5.74, 6) is 1.73. The summed E-state index contributed by atoms with van der Waals surface area (Å²) in [4.78, 5) is 23.9. The number of alkyl carbamates (subject to hydrolysis) is 1. The number of hydrogen-bond donors (Lipinski definition) is 3. The van der Waals surface area contributed by atoms with Crippen molar-refractivity contribution in [2.75, 3.05) is 40.5 Å². The summed E-state index contributed by atoms with van der Waals surface area (Å²) in [7, 11) is 3.27. The quantitative estimate of drug-likeness (QED) is 0.264. The zero-order chi connectivity index (χ0) is 28.0. The molecule has 3 atom stereocenters. The maximum atomic E-state index is 12.6. The van der Waals surface area contributed by atoms with E-state index in [1.54, 1.807) is 35.0 Å². The van der Waals surface area contributed by atoms with Crippen molar-refractivity contribution in [3.05, 3.63) is 23.8 Å². The van der Waals surface area contributed by atoms with Crippen LogP contribution in [-0.2, 0) is 20.7 Å². The van der Waals surface area contributed by atoms with Gasteiger partial charge in [0.25, 0.3) is 0 Å². The van der Waals surface area contributed by atoms with E-state index in [9.17, 15) is 14.7 Å². The first-order valence-corrected chi connectivity index (χ1v) is 13.0. The summed E-state index contributed by atoms with van der Waals surface area (Å²) in [5.41, 5.74) is 0.411. The average molecular weight is 525 g/mol. The van der Waals surface area contributed by atoms with Crippen molar-refractivity contribution in [2.45, 2.75) is 78.6 Å². The molecule has 0 aliphatic carbocycles. The molecule has 1 amide bonds. The molecular formula is C28H48N2O7. The van der Waals surface area contributed by atoms with Gasteiger partial charge in [-0.3, -0.25) is 4.79 Å². The molecule has 1 aromatic carbocycles. The minimum absolute atomic E-state index is 0.0244. The fraction of sp³-hybridized carbons (Fsp3) is 0.714. The van der Waals surface area contributed by atoms with Crippen LogP contribution in [0.1, 0.15) is 59.9 Å². The Balaban J connectivity index is 3.04. The van der Waals surface area contributed by atoms with E-state index in [0.717, 1.165) is 18.4 Å². The molecule has 0 fully saturated rings. The molecule has 0 aliphatic heterocycles. The molecule has 212 valence electrons. The van der Waals surface area contributed by atoms with E-state index in [0.29, 0.717) is 31.1 Å². The van der Waals surface area contributed by atoms with E-state index in [-0.39, 0.29) is 30.7 Å². The van der Waals surface area contributed by atoms with Gasteiger partial charge in [-0.2, -0.15) is 0 Å². The summed E-state index contributed by atoms with van der Waals surface area (Å²) < 4.78 is 21.9. The molecule has 0 unspecified atom stereocenters. The van der Waals surface area contributed by atoms with Crippen molar-refractivity contribution in [1.82, 2.24) is 10.6 Å². The molecule has 3 N–H and O–H groups in total. The van der Waals surface area contributed by atoms with E-state index in [1.807, 2.05) is 18.2 Å². The summed E-state index contributed by atoms with van der Waals surface area (Å²) >= 11 is 0. The summed E-state index contributed by atoms with van der Waals surface area (Å²) in [6, 6.07) is 5.33. The second-order valence-corrected chi connectivity index (χ2v) is 10.8. The van der Waals surface area contributed by atoms with Crippen LogP contribution in [0.5, 0.6) is 11.5 Å². The van der Waals surface area contributed by atoms with Crippen molar-refractivity contribution in [3.8, 4) is 11.5 Å². The first-order valence-electron chi connectivity index (χ1n) is 13.0. The van der Waals surface area contributed by atoms with Gasteiger partial charge in [-0.15, -0.1) is 0 Å². The summed E-state index contributed by atoms with van der Waals surface area (Å²) in [6.45, 7) is 12.6. The van der Waals surface area contributed by atoms with Crippen LogP contribution in [0.3, 0.4) is 0 Å². The van der Waals surface area contributed by atoms with E-state index in [4.69, 9.17) is 18.9 Å². The molecule has 0 radical (unpaired) electrons. The number of aliphatic hydroxyl groups excluding tert-OH is 1. The maximum Gasteiger partial charge on any atom is 0.407 e. The highest BCUT2D eigenvalue weighted by Gasteiger charge is 2.29. The van der Waals surface area contributed by atoms with Gasteiger partial charge < -0.3 is 34.7 Å². The van der Waals surface area contributed by atoms with Crippen LogP contribution in [0.2, 0.25) is 0 Å². The van der Waals surface area contributed by atoms with Gasteiger partial charge in [0.1, 0.15) is 11.4 Å². The van der Waals surface area contributed by atoms with E-state index in [2.05, 4.69) is 24.5 Å². The zero-order valence-corrected chi connectivity index (χ0v) is 23.9. The smallest absolute Gasteiger partial charge is 0.407 e. The topological polar surface area (TPSA) is 115 Å². The molecular weight excluding hydrogens is 476 g/mol. The fourth-order valence-electron chi connectivity index (χ4n) is 3.88. The Bertz CT molecular complexity index is 823. The van der Waals surface area contributed by atoms with Gasteiger partial charge >= 0.3 is 6.09 Å². The van der Waals surface area contributed by atoms with Crippen molar-refractivity contribution in [2.24, 2.45) is 11.8 Å². The molecule has 0 heterocycles. The molecule has 9 nitrogen and oxygen atoms in total. The van der Waals surface area contributed by atoms with Crippen molar-refractivity contribution < 1.29 is 33.6 Å². The van der Waals surface area contributed by atoms with Gasteiger partial charge in [0.15, 0.2) is 11.5 Å². The third-order valence-corrected chi connectivity index (χ3v) is 5.87. The number of aliphatic hydroxyl groups is 1. The van der Waals surface area contributed by atoms with Gasteiger partial charge in [-0.1, -0.05) is 19.9 Å². The lowest BCUT2D eigenvalue weighted by molar-refractivity contribution is -0.116. The summed E-state index contributed by atoms with van der Waals surface area (Å²) in [6.07, 6.45) is 0.531. The molecule has 9 heteroatoms. The number of amides is 1. The normalized spacial score (nSPS) is 14.1. The van der Waals surface area contributed by atoms with Crippen LogP contribution in [-0.4, -0.2) is 75.3 Å². The third kappa shape index (κ3) is 13.7. The number of ether oxygens (including phenoxy) is 4. The van der Waals surface area contributed by atoms with Gasteiger partial charge in [-0.05, 0) is 70.1 Å². The predicted octanol–water partition coefficient (Wildman–Crippen LogP) is 3.75. The summed E-state index contributed by atoms with van der Waals surface area (Å²) in [5, 5.41) is 16.7. The lowest BCUT2D eigenvalue weighted by Crippen LogP contribution is -2.50. The van der Waals surface area contributed by atoms with Crippen LogP contribution in [0.4, 0.5) is 4.79 Å². The molecule has 1 rings (SSSR count). The van der Waals surface area contributed by atoms with Crippen molar-refractivity contribution >= 4 is 11.9 Å². The van der Waals surface area contributed by atoms with E-state index < -0.39 is 23.8 Å². The first kappa shape index (κ1) is 32.7. The van der Waals surface area contributed by atoms with Crippen LogP contribution < -0.4 is 20.1 Å². The number of ketones is 1. The lowest BCUT2D eigenvalue weighted by atomic mass is 9.83. The van der Waals surface area contributed by atoms with Crippen LogP contribution in [0.15, 0.2) is 18.2 Å². The molecule has 0 bridgehead atoms. The van der Waals surface area contributed by atoms with E-state index in [1.165, 1.54) is 6.92 Å². The Morgan fingerprint density at radius 3 is 2.35 bits per heavy atom. The number of rotatable bonds is 17. The lowest BCUT2D eigenvalue weighted by Gasteiger charge is -2.31. The molecule has 37 heavy (non-hydrogen) atoms. The number of carbonyl (C=O) groups is 2. The Labute approximate surface area is 222 Å². The number of Topliss-reactive ketones (excluding diaryl/α,β-unsaturated/α-hetero) is 1. The molecule has 0 saturated heterocycles. The van der Waals surface area contributed by atoms with Crippen molar-refractivity contribution in [3.63, 3.8) is 0 Å². The molecule has 0 spiro atoms. The minimum atomic E-state index is -0.899. The first-order chi connectivity index (χ1) is 17.4. The van der Waals surface area contributed by atoms with Crippen molar-refractivity contribution in [1.29, 1.82) is 0 Å². The third-order valence-electron chi connectivity index (χ3n) is 5.87. The molecule has 0 aliphatic rings. The number of carbonyl (C=O) groups excluding carboxylic acids is 2. The van der Waals surface area contributed by atoms with Crippen LogP contribution in [0.25, 0.3) is 0 Å². The minimum Gasteiger partial charge on any atom is -0.493 e. The van der Waals surface area contributed by atoms with Crippen LogP contribution >= 0.6 is 0 Å². The molecule has 0 saturated carbocycles. The Morgan fingerprint density at radius 2 is 1.78 bits per heavy atom. The van der Waals surface area contributed by atoms with Gasteiger partial charge in [-0.25, -0.2) is 4.79 Å². The second-order valence-electron chi connectivity index (χ2n) is 10.8. The fourth-order valence-corrected chi connectivity index (χ4v) is 3.88. The number of hydrogen-bond acceptors (Lipinski definition) is 8. The zero-order valence-electron chi connectivity index (χ0n) is 23.9. The Kier molecular flexibility index (Phi) is 14.5.